The first kappa shape index (κ1) is 10.2. The van der Waals surface area contributed by atoms with Crippen LogP contribution in [0, 0.1) is 0 Å². The Labute approximate surface area is 91.8 Å². The van der Waals surface area contributed by atoms with Gasteiger partial charge >= 0.3 is 0 Å². The predicted molar refractivity (Wildman–Crippen MR) is 55.5 cm³/mol. The van der Waals surface area contributed by atoms with Gasteiger partial charge in [-0.05, 0) is 23.7 Å². The molecule has 0 radical (unpaired) electrons. The Kier molecular flexibility index (Phi) is 3.37. The minimum Gasteiger partial charge on any atom is -0.448 e. The number of H-pyrrole nitrogens is 1. The summed E-state index contributed by atoms with van der Waals surface area (Å²) in [5.74, 6) is 1.71. The molecule has 2 heterocycles. The van der Waals surface area contributed by atoms with Gasteiger partial charge in [0.2, 0.25) is 0 Å². The van der Waals surface area contributed by atoms with Gasteiger partial charge < -0.3 is 9.73 Å². The molecular formula is C9H11ClN4O. The van der Waals surface area contributed by atoms with Gasteiger partial charge in [0.15, 0.2) is 5.22 Å². The fraction of sp³-hybridized carbons (Fsp3) is 0.333. The summed E-state index contributed by atoms with van der Waals surface area (Å²) in [4.78, 5) is 4.01. The average Bonchev–Trinajstić information content (AvgIpc) is 2.84. The Morgan fingerprint density at radius 3 is 3.07 bits per heavy atom. The number of rotatable bonds is 5. The Morgan fingerprint density at radius 1 is 1.47 bits per heavy atom. The summed E-state index contributed by atoms with van der Waals surface area (Å²) in [5.41, 5.74) is 0. The van der Waals surface area contributed by atoms with Gasteiger partial charge in [0, 0.05) is 13.0 Å². The summed E-state index contributed by atoms with van der Waals surface area (Å²) in [5, 5.41) is 10.2. The van der Waals surface area contributed by atoms with Gasteiger partial charge in [-0.3, -0.25) is 5.10 Å². The van der Waals surface area contributed by atoms with Crippen LogP contribution in [0.4, 0.5) is 0 Å². The van der Waals surface area contributed by atoms with Crippen molar-refractivity contribution in [2.24, 2.45) is 0 Å². The van der Waals surface area contributed by atoms with E-state index < -0.39 is 0 Å². The molecule has 0 unspecified atom stereocenters. The summed E-state index contributed by atoms with van der Waals surface area (Å²) < 4.78 is 5.19. The van der Waals surface area contributed by atoms with Gasteiger partial charge in [0.1, 0.15) is 17.9 Å². The minimum absolute atomic E-state index is 0.419. The van der Waals surface area contributed by atoms with Crippen LogP contribution in [0.1, 0.15) is 11.6 Å². The third kappa shape index (κ3) is 3.07. The molecule has 0 saturated heterocycles. The van der Waals surface area contributed by atoms with Crippen LogP contribution in [-0.2, 0) is 13.0 Å². The third-order valence-corrected chi connectivity index (χ3v) is 2.13. The molecule has 0 aliphatic rings. The monoisotopic (exact) mass is 226 g/mol. The molecule has 0 atom stereocenters. The van der Waals surface area contributed by atoms with E-state index >= 15 is 0 Å². The summed E-state index contributed by atoms with van der Waals surface area (Å²) in [6, 6.07) is 3.58. The van der Waals surface area contributed by atoms with E-state index in [0.29, 0.717) is 11.8 Å². The lowest BCUT2D eigenvalue weighted by molar-refractivity contribution is 0.485. The molecule has 0 fully saturated rings. The standard InChI is InChI=1S/C9H11ClN4O/c10-8-2-1-7(15-8)5-11-4-3-9-12-6-13-14-9/h1-2,6,11H,3-5H2,(H,12,13,14). The molecule has 0 aliphatic heterocycles. The smallest absolute Gasteiger partial charge is 0.193 e. The highest BCUT2D eigenvalue weighted by atomic mass is 35.5. The molecule has 0 spiro atoms. The van der Waals surface area contributed by atoms with Crippen molar-refractivity contribution in [3.63, 3.8) is 0 Å². The van der Waals surface area contributed by atoms with Crippen molar-refractivity contribution >= 4 is 11.6 Å². The number of aromatic nitrogens is 3. The molecule has 15 heavy (non-hydrogen) atoms. The number of hydrogen-bond acceptors (Lipinski definition) is 4. The number of nitrogens with one attached hydrogen (secondary N) is 2. The van der Waals surface area contributed by atoms with Crippen molar-refractivity contribution in [1.82, 2.24) is 20.5 Å². The average molecular weight is 227 g/mol. The van der Waals surface area contributed by atoms with Crippen LogP contribution in [0.5, 0.6) is 0 Å². The van der Waals surface area contributed by atoms with Crippen molar-refractivity contribution in [2.75, 3.05) is 6.54 Å². The van der Waals surface area contributed by atoms with E-state index in [1.807, 2.05) is 6.07 Å². The molecule has 2 aromatic rings. The highest BCUT2D eigenvalue weighted by molar-refractivity contribution is 6.28. The Hall–Kier alpha value is -1.33. The normalized spacial score (nSPS) is 10.7. The van der Waals surface area contributed by atoms with Gasteiger partial charge in [0.25, 0.3) is 0 Å². The Bertz CT molecular complexity index is 398. The van der Waals surface area contributed by atoms with Crippen molar-refractivity contribution in [1.29, 1.82) is 0 Å². The molecule has 0 amide bonds. The molecule has 0 aliphatic carbocycles. The number of furan rings is 1. The number of aromatic amines is 1. The predicted octanol–water partition coefficient (Wildman–Crippen LogP) is 1.38. The van der Waals surface area contributed by atoms with E-state index in [4.69, 9.17) is 16.0 Å². The lowest BCUT2D eigenvalue weighted by Crippen LogP contribution is -2.16. The van der Waals surface area contributed by atoms with Gasteiger partial charge in [-0.1, -0.05) is 0 Å². The lowest BCUT2D eigenvalue weighted by Gasteiger charge is -1.99. The Morgan fingerprint density at radius 2 is 2.40 bits per heavy atom. The fourth-order valence-electron chi connectivity index (χ4n) is 1.22. The first-order chi connectivity index (χ1) is 7.34. The zero-order chi connectivity index (χ0) is 10.5. The summed E-state index contributed by atoms with van der Waals surface area (Å²) >= 11 is 5.64. The van der Waals surface area contributed by atoms with E-state index in [1.165, 1.54) is 6.33 Å². The van der Waals surface area contributed by atoms with Crippen LogP contribution in [0.25, 0.3) is 0 Å². The largest absolute Gasteiger partial charge is 0.448 e. The van der Waals surface area contributed by atoms with Crippen molar-refractivity contribution in [3.8, 4) is 0 Å². The second-order valence-corrected chi connectivity index (χ2v) is 3.44. The van der Waals surface area contributed by atoms with E-state index in [2.05, 4.69) is 20.5 Å². The van der Waals surface area contributed by atoms with Crippen molar-refractivity contribution < 1.29 is 4.42 Å². The maximum Gasteiger partial charge on any atom is 0.193 e. The Balaban J connectivity index is 1.67. The van der Waals surface area contributed by atoms with Gasteiger partial charge in [0.05, 0.1) is 6.54 Å². The van der Waals surface area contributed by atoms with Gasteiger partial charge in [-0.2, -0.15) is 5.10 Å². The summed E-state index contributed by atoms with van der Waals surface area (Å²) in [7, 11) is 0. The van der Waals surface area contributed by atoms with Crippen LogP contribution in [0.15, 0.2) is 22.9 Å². The lowest BCUT2D eigenvalue weighted by atomic mass is 10.4. The van der Waals surface area contributed by atoms with Crippen molar-refractivity contribution in [3.05, 3.63) is 35.3 Å². The molecule has 0 saturated carbocycles. The SMILES string of the molecule is Clc1ccc(CNCCc2ncn[nH]2)o1. The fourth-order valence-corrected chi connectivity index (χ4v) is 1.38. The van der Waals surface area contributed by atoms with E-state index in [0.717, 1.165) is 24.6 Å². The van der Waals surface area contributed by atoms with Crippen LogP contribution < -0.4 is 5.32 Å². The second kappa shape index (κ2) is 4.95. The molecular weight excluding hydrogens is 216 g/mol. The molecule has 5 nitrogen and oxygen atoms in total. The van der Waals surface area contributed by atoms with E-state index in [1.54, 1.807) is 6.07 Å². The van der Waals surface area contributed by atoms with Gasteiger partial charge in [-0.15, -0.1) is 0 Å². The third-order valence-electron chi connectivity index (χ3n) is 1.93. The molecule has 0 bridgehead atoms. The number of nitrogens with zero attached hydrogens (tertiary/aromatic N) is 2. The first-order valence-corrected chi connectivity index (χ1v) is 5.01. The molecule has 2 aromatic heterocycles. The zero-order valence-corrected chi connectivity index (χ0v) is 8.79. The molecule has 6 heteroatoms. The zero-order valence-electron chi connectivity index (χ0n) is 8.03. The maximum absolute atomic E-state index is 5.64. The van der Waals surface area contributed by atoms with Crippen LogP contribution in [0.2, 0.25) is 5.22 Å². The summed E-state index contributed by atoms with van der Waals surface area (Å²) in [6.45, 7) is 1.48. The molecule has 80 valence electrons. The minimum atomic E-state index is 0.419. The van der Waals surface area contributed by atoms with Crippen LogP contribution in [0.3, 0.4) is 0 Å². The first-order valence-electron chi connectivity index (χ1n) is 4.64. The number of halogens is 1. The van der Waals surface area contributed by atoms with Crippen molar-refractivity contribution in [2.45, 2.75) is 13.0 Å². The molecule has 0 aromatic carbocycles. The molecule has 2 N–H and O–H groups in total. The quantitative estimate of drug-likeness (QED) is 0.756. The van der Waals surface area contributed by atoms with E-state index in [9.17, 15) is 0 Å². The van der Waals surface area contributed by atoms with E-state index in [-0.39, 0.29) is 0 Å². The topological polar surface area (TPSA) is 66.7 Å². The van der Waals surface area contributed by atoms with Gasteiger partial charge in [-0.25, -0.2) is 4.98 Å². The summed E-state index contributed by atoms with van der Waals surface area (Å²) in [6.07, 6.45) is 2.32. The second-order valence-electron chi connectivity index (χ2n) is 3.06. The van der Waals surface area contributed by atoms with Crippen LogP contribution in [-0.4, -0.2) is 21.7 Å². The highest BCUT2D eigenvalue weighted by Crippen LogP contribution is 2.12. The highest BCUT2D eigenvalue weighted by Gasteiger charge is 1.99. The maximum atomic E-state index is 5.64. The molecule has 2 rings (SSSR count). The number of hydrogen-bond donors (Lipinski definition) is 2. The van der Waals surface area contributed by atoms with Crippen LogP contribution >= 0.6 is 11.6 Å².